The molecule has 1 aliphatic heterocycles. The van der Waals surface area contributed by atoms with Crippen molar-refractivity contribution in [3.8, 4) is 6.07 Å². The third-order valence-electron chi connectivity index (χ3n) is 6.19. The molecule has 1 saturated heterocycles. The van der Waals surface area contributed by atoms with Crippen LogP contribution in [0.4, 0.5) is 9.18 Å². The summed E-state index contributed by atoms with van der Waals surface area (Å²) >= 11 is 0. The normalized spacial score (nSPS) is 23.1. The number of benzene rings is 1. The Labute approximate surface area is 199 Å². The first-order chi connectivity index (χ1) is 16.1. The van der Waals surface area contributed by atoms with Gasteiger partial charge in [-0.2, -0.15) is 5.26 Å². The van der Waals surface area contributed by atoms with Crippen molar-refractivity contribution in [3.05, 3.63) is 41.3 Å². The lowest BCUT2D eigenvalue weighted by Gasteiger charge is -2.35. The van der Waals surface area contributed by atoms with E-state index in [-0.39, 0.29) is 23.9 Å². The minimum absolute atomic E-state index is 0.00878. The molecule has 0 spiro atoms. The number of nitrogens with one attached hydrogen (secondary N) is 1. The second-order valence-electron chi connectivity index (χ2n) is 9.77. The molecule has 182 valence electrons. The molecule has 3 rings (SSSR count). The van der Waals surface area contributed by atoms with Gasteiger partial charge in [-0.15, -0.1) is 0 Å². The van der Waals surface area contributed by atoms with Crippen molar-refractivity contribution in [2.45, 2.75) is 70.2 Å². The summed E-state index contributed by atoms with van der Waals surface area (Å²) in [5, 5.41) is 12.4. The molecule has 0 radical (unpaired) electrons. The van der Waals surface area contributed by atoms with Crippen LogP contribution in [0.25, 0.3) is 5.57 Å². The molecule has 2 aliphatic rings. The summed E-state index contributed by atoms with van der Waals surface area (Å²) in [7, 11) is 1.59. The zero-order valence-electron chi connectivity index (χ0n) is 20.0. The number of aliphatic imine (C=N–C) groups is 1. The first kappa shape index (κ1) is 25.2. The molecule has 8 nitrogen and oxygen atoms in total. The molecular weight excluding hydrogens is 437 g/mol. The summed E-state index contributed by atoms with van der Waals surface area (Å²) in [5.41, 5.74) is 6.32. The van der Waals surface area contributed by atoms with Crippen LogP contribution in [0.1, 0.15) is 51.2 Å². The molecule has 1 heterocycles. The minimum Gasteiger partial charge on any atom is -0.444 e. The molecule has 34 heavy (non-hydrogen) atoms. The molecule has 3 N–H and O–H groups in total. The number of amides is 2. The largest absolute Gasteiger partial charge is 0.444 e. The van der Waals surface area contributed by atoms with Crippen molar-refractivity contribution in [2.75, 3.05) is 7.05 Å². The Morgan fingerprint density at radius 2 is 2.15 bits per heavy atom. The Kier molecular flexibility index (Phi) is 7.60. The molecule has 0 unspecified atom stereocenters. The van der Waals surface area contributed by atoms with E-state index in [0.717, 1.165) is 19.3 Å². The lowest BCUT2D eigenvalue weighted by Crippen LogP contribution is -2.55. The second kappa shape index (κ2) is 10.2. The number of fused-ring (bicyclic) bond motifs is 2. The van der Waals surface area contributed by atoms with Crippen molar-refractivity contribution in [3.63, 3.8) is 0 Å². The van der Waals surface area contributed by atoms with E-state index in [2.05, 4.69) is 10.3 Å². The van der Waals surface area contributed by atoms with E-state index in [4.69, 9.17) is 10.5 Å². The first-order valence-corrected chi connectivity index (χ1v) is 11.4. The average Bonchev–Trinajstić information content (AvgIpc) is 3.38. The Morgan fingerprint density at radius 1 is 1.41 bits per heavy atom. The molecule has 1 aromatic rings. The van der Waals surface area contributed by atoms with E-state index in [9.17, 15) is 19.2 Å². The maximum absolute atomic E-state index is 14.8. The zero-order chi connectivity index (χ0) is 25.0. The number of carbonyl (C=O) groups excluding carboxylic acids is 2. The van der Waals surface area contributed by atoms with Crippen molar-refractivity contribution < 1.29 is 18.7 Å². The summed E-state index contributed by atoms with van der Waals surface area (Å²) in [6, 6.07) is 4.94. The third-order valence-corrected chi connectivity index (χ3v) is 6.19. The third kappa shape index (κ3) is 5.56. The molecule has 4 atom stereocenters. The van der Waals surface area contributed by atoms with Crippen molar-refractivity contribution in [1.82, 2.24) is 10.2 Å². The van der Waals surface area contributed by atoms with Gasteiger partial charge in [-0.1, -0.05) is 12.1 Å². The number of halogens is 1. The fourth-order valence-corrected chi connectivity index (χ4v) is 4.75. The van der Waals surface area contributed by atoms with Crippen molar-refractivity contribution >= 4 is 23.8 Å². The summed E-state index contributed by atoms with van der Waals surface area (Å²) in [6.45, 7) is 5.34. The van der Waals surface area contributed by atoms with Crippen LogP contribution < -0.4 is 11.1 Å². The van der Waals surface area contributed by atoms with Crippen LogP contribution in [-0.2, 0) is 16.0 Å². The number of hydrogen-bond donors (Lipinski definition) is 2. The monoisotopic (exact) mass is 469 g/mol. The fraction of sp³-hybridized carbons (Fsp3) is 0.520. The highest BCUT2D eigenvalue weighted by Gasteiger charge is 2.52. The summed E-state index contributed by atoms with van der Waals surface area (Å²) in [4.78, 5) is 31.4. The van der Waals surface area contributed by atoms with E-state index in [0.29, 0.717) is 11.1 Å². The van der Waals surface area contributed by atoms with Crippen LogP contribution >= 0.6 is 0 Å². The quantitative estimate of drug-likeness (QED) is 0.620. The lowest BCUT2D eigenvalue weighted by atomic mass is 9.97. The number of rotatable bonds is 6. The van der Waals surface area contributed by atoms with Crippen LogP contribution in [0.2, 0.25) is 0 Å². The molecule has 1 saturated carbocycles. The minimum atomic E-state index is -0.950. The summed E-state index contributed by atoms with van der Waals surface area (Å²) < 4.78 is 20.3. The van der Waals surface area contributed by atoms with Crippen LogP contribution in [0.15, 0.2) is 29.4 Å². The maximum atomic E-state index is 14.8. The summed E-state index contributed by atoms with van der Waals surface area (Å²) in [5.74, 6) is -0.894. The standard InChI is InChI=1S/C25H32FN5O3/c1-25(2,3)34-24(33)31-20-8-7-17(10-20)22(31)23(32)30-19(13-28)9-16-6-5-15(11-21(16)26)18(12-27)14-29-4/h5-6,11-12,14,17,19-20,22H,7-10,27H2,1-4H3,(H,30,32)/t17-,19-,20+,22-/m0/s1. The Bertz CT molecular complexity index is 1040. The topological polar surface area (TPSA) is 121 Å². The van der Waals surface area contributed by atoms with E-state index in [1.54, 1.807) is 40.0 Å². The van der Waals surface area contributed by atoms with Gasteiger partial charge in [0.25, 0.3) is 0 Å². The van der Waals surface area contributed by atoms with Gasteiger partial charge in [0.15, 0.2) is 0 Å². The number of nitrogens with zero attached hydrogens (tertiary/aromatic N) is 3. The summed E-state index contributed by atoms with van der Waals surface area (Å²) in [6.07, 6.45) is 4.74. The van der Waals surface area contributed by atoms with Crippen LogP contribution in [0, 0.1) is 23.1 Å². The predicted molar refractivity (Wildman–Crippen MR) is 127 cm³/mol. The van der Waals surface area contributed by atoms with Crippen molar-refractivity contribution in [2.24, 2.45) is 16.6 Å². The number of ether oxygens (including phenoxy) is 1. The van der Waals surface area contributed by atoms with Gasteiger partial charge in [0.2, 0.25) is 5.91 Å². The molecule has 0 aromatic heterocycles. The first-order valence-electron chi connectivity index (χ1n) is 11.4. The van der Waals surface area contributed by atoms with E-state index in [1.807, 2.05) is 6.07 Å². The van der Waals surface area contributed by atoms with Gasteiger partial charge < -0.3 is 15.8 Å². The van der Waals surface area contributed by atoms with Gasteiger partial charge in [-0.25, -0.2) is 9.18 Å². The number of hydrogen-bond acceptors (Lipinski definition) is 6. The highest BCUT2D eigenvalue weighted by atomic mass is 19.1. The Balaban J connectivity index is 1.72. The highest BCUT2D eigenvalue weighted by Crippen LogP contribution is 2.43. The fourth-order valence-electron chi connectivity index (χ4n) is 4.75. The van der Waals surface area contributed by atoms with Gasteiger partial charge in [0.05, 0.1) is 6.07 Å². The van der Waals surface area contributed by atoms with E-state index < -0.39 is 35.5 Å². The average molecular weight is 470 g/mol. The number of nitriles is 1. The van der Waals surface area contributed by atoms with E-state index >= 15 is 0 Å². The van der Waals surface area contributed by atoms with Gasteiger partial charge >= 0.3 is 6.09 Å². The van der Waals surface area contributed by atoms with Crippen LogP contribution in [0.5, 0.6) is 0 Å². The molecule has 1 aliphatic carbocycles. The Hall–Kier alpha value is -3.41. The molecule has 9 heteroatoms. The molecule has 2 fully saturated rings. The smallest absolute Gasteiger partial charge is 0.411 e. The second-order valence-corrected chi connectivity index (χ2v) is 9.77. The highest BCUT2D eigenvalue weighted by molar-refractivity contribution is 6.09. The van der Waals surface area contributed by atoms with Crippen LogP contribution in [0.3, 0.4) is 0 Å². The zero-order valence-corrected chi connectivity index (χ0v) is 20.0. The van der Waals surface area contributed by atoms with Gasteiger partial charge in [0.1, 0.15) is 23.5 Å². The number of likely N-dealkylation sites (tertiary alicyclic amines) is 1. The number of piperidine rings is 1. The Morgan fingerprint density at radius 3 is 2.74 bits per heavy atom. The molecular formula is C25H32FN5O3. The van der Waals surface area contributed by atoms with Gasteiger partial charge in [0, 0.05) is 37.5 Å². The number of nitrogens with two attached hydrogens (primary N) is 1. The van der Waals surface area contributed by atoms with Gasteiger partial charge in [-0.05, 0) is 63.1 Å². The van der Waals surface area contributed by atoms with Crippen LogP contribution in [-0.4, -0.2) is 53.9 Å². The number of allylic oxidation sites excluding steroid dienone is 1. The predicted octanol–water partition coefficient (Wildman–Crippen LogP) is 3.16. The number of carbonyl (C=O) groups is 2. The molecule has 2 bridgehead atoms. The van der Waals surface area contributed by atoms with Crippen molar-refractivity contribution in [1.29, 1.82) is 5.26 Å². The van der Waals surface area contributed by atoms with Gasteiger partial charge in [-0.3, -0.25) is 14.7 Å². The SMILES string of the molecule is CN=CC(=CN)c1ccc(C[C@@H](C#N)NC(=O)[C@@H]2[C@H]3CC[C@H](C3)N2C(=O)OC(C)(C)C)c(F)c1. The maximum Gasteiger partial charge on any atom is 0.411 e. The molecule has 2 amide bonds. The lowest BCUT2D eigenvalue weighted by molar-refractivity contribution is -0.128. The molecule has 1 aromatic carbocycles. The van der Waals surface area contributed by atoms with E-state index in [1.165, 1.54) is 23.4 Å².